The molecule has 0 saturated heterocycles. The van der Waals surface area contributed by atoms with E-state index in [1.807, 2.05) is 30.3 Å². The van der Waals surface area contributed by atoms with Crippen LogP contribution in [-0.2, 0) is 6.61 Å². The van der Waals surface area contributed by atoms with Crippen LogP contribution in [0, 0.1) is 0 Å². The highest BCUT2D eigenvalue weighted by molar-refractivity contribution is 6.33. The highest BCUT2D eigenvalue weighted by Crippen LogP contribution is 2.28. The van der Waals surface area contributed by atoms with Gasteiger partial charge in [0, 0.05) is 5.02 Å². The summed E-state index contributed by atoms with van der Waals surface area (Å²) in [5.74, 6) is 0.766. The SMILES string of the molecule is COc1cc(/C=N\NC(=O)c2ccccc2Cl)ccc1OCc1ccc(Cl)cc1. The summed E-state index contributed by atoms with van der Waals surface area (Å²) in [5.41, 5.74) is 4.54. The largest absolute Gasteiger partial charge is 0.493 e. The summed E-state index contributed by atoms with van der Waals surface area (Å²) in [6, 6.07) is 19.6. The molecular weight excluding hydrogens is 411 g/mol. The maximum Gasteiger partial charge on any atom is 0.272 e. The summed E-state index contributed by atoms with van der Waals surface area (Å²) in [5, 5.41) is 5.02. The topological polar surface area (TPSA) is 59.9 Å². The number of halogens is 2. The zero-order valence-electron chi connectivity index (χ0n) is 15.6. The first-order chi connectivity index (χ1) is 14.1. The standard InChI is InChI=1S/C22H18Cl2N2O3/c1-28-21-12-16(13-25-26-22(27)18-4-2-3-5-19(18)24)8-11-20(21)29-14-15-6-9-17(23)10-7-15/h2-13H,14H2,1H3,(H,26,27)/b25-13-. The Balaban J connectivity index is 1.63. The van der Waals surface area contributed by atoms with Crippen molar-refractivity contribution < 1.29 is 14.3 Å². The Morgan fingerprint density at radius 3 is 2.52 bits per heavy atom. The van der Waals surface area contributed by atoms with Crippen LogP contribution < -0.4 is 14.9 Å². The lowest BCUT2D eigenvalue weighted by atomic mass is 10.2. The average molecular weight is 429 g/mol. The molecule has 3 aromatic rings. The number of ether oxygens (including phenoxy) is 2. The maximum absolute atomic E-state index is 12.1. The Labute approximate surface area is 178 Å². The number of hydrogen-bond donors (Lipinski definition) is 1. The van der Waals surface area contributed by atoms with E-state index in [-0.39, 0.29) is 5.91 Å². The third-order valence-corrected chi connectivity index (χ3v) is 4.58. The number of amides is 1. The summed E-state index contributed by atoms with van der Waals surface area (Å²) < 4.78 is 11.2. The zero-order chi connectivity index (χ0) is 20.6. The molecule has 3 aromatic carbocycles. The lowest BCUT2D eigenvalue weighted by Gasteiger charge is -2.11. The van der Waals surface area contributed by atoms with Gasteiger partial charge in [0.15, 0.2) is 11.5 Å². The van der Waals surface area contributed by atoms with E-state index in [1.54, 1.807) is 43.5 Å². The van der Waals surface area contributed by atoms with Gasteiger partial charge in [-0.2, -0.15) is 5.10 Å². The Bertz CT molecular complexity index is 1020. The van der Waals surface area contributed by atoms with Gasteiger partial charge in [-0.15, -0.1) is 0 Å². The van der Waals surface area contributed by atoms with Crippen LogP contribution in [-0.4, -0.2) is 19.2 Å². The molecule has 1 N–H and O–H groups in total. The molecule has 0 saturated carbocycles. The van der Waals surface area contributed by atoms with E-state index in [0.29, 0.717) is 33.7 Å². The van der Waals surface area contributed by atoms with Crippen LogP contribution in [0.25, 0.3) is 0 Å². The number of rotatable bonds is 7. The predicted molar refractivity (Wildman–Crippen MR) is 115 cm³/mol. The molecule has 0 aliphatic rings. The van der Waals surface area contributed by atoms with Gasteiger partial charge in [-0.3, -0.25) is 4.79 Å². The van der Waals surface area contributed by atoms with Gasteiger partial charge in [0.2, 0.25) is 0 Å². The van der Waals surface area contributed by atoms with Crippen molar-refractivity contribution in [2.45, 2.75) is 6.61 Å². The monoisotopic (exact) mass is 428 g/mol. The molecule has 0 bridgehead atoms. The molecule has 0 spiro atoms. The van der Waals surface area contributed by atoms with Crippen molar-refractivity contribution in [2.24, 2.45) is 5.10 Å². The van der Waals surface area contributed by atoms with Crippen molar-refractivity contribution in [3.05, 3.63) is 93.5 Å². The van der Waals surface area contributed by atoms with Crippen LogP contribution in [0.15, 0.2) is 71.8 Å². The van der Waals surface area contributed by atoms with E-state index in [2.05, 4.69) is 10.5 Å². The first kappa shape index (κ1) is 20.7. The molecule has 0 aromatic heterocycles. The molecule has 0 fully saturated rings. The van der Waals surface area contributed by atoms with E-state index in [4.69, 9.17) is 32.7 Å². The number of nitrogens with one attached hydrogen (secondary N) is 1. The van der Waals surface area contributed by atoms with Gasteiger partial charge in [0.05, 0.1) is 23.9 Å². The molecule has 0 atom stereocenters. The molecule has 0 unspecified atom stereocenters. The highest BCUT2D eigenvalue weighted by Gasteiger charge is 2.08. The molecule has 1 amide bonds. The fraction of sp³-hybridized carbons (Fsp3) is 0.0909. The van der Waals surface area contributed by atoms with Crippen LogP contribution in [0.2, 0.25) is 10.0 Å². The molecule has 3 rings (SSSR count). The van der Waals surface area contributed by atoms with Crippen molar-refractivity contribution in [3.8, 4) is 11.5 Å². The van der Waals surface area contributed by atoms with E-state index in [0.717, 1.165) is 11.1 Å². The average Bonchev–Trinajstić information content (AvgIpc) is 2.74. The Hall–Kier alpha value is -3.02. The number of benzene rings is 3. The highest BCUT2D eigenvalue weighted by atomic mass is 35.5. The molecule has 5 nitrogen and oxygen atoms in total. The van der Waals surface area contributed by atoms with Crippen molar-refractivity contribution in [1.82, 2.24) is 5.43 Å². The van der Waals surface area contributed by atoms with Crippen LogP contribution in [0.4, 0.5) is 0 Å². The molecule has 7 heteroatoms. The van der Waals surface area contributed by atoms with Gasteiger partial charge in [-0.1, -0.05) is 47.5 Å². The smallest absolute Gasteiger partial charge is 0.272 e. The second kappa shape index (κ2) is 9.96. The predicted octanol–water partition coefficient (Wildman–Crippen LogP) is 5.34. The molecule has 0 heterocycles. The number of methoxy groups -OCH3 is 1. The van der Waals surface area contributed by atoms with Gasteiger partial charge in [-0.25, -0.2) is 5.43 Å². The van der Waals surface area contributed by atoms with Crippen molar-refractivity contribution in [3.63, 3.8) is 0 Å². The van der Waals surface area contributed by atoms with E-state index < -0.39 is 0 Å². The number of carbonyl (C=O) groups excluding carboxylic acids is 1. The van der Waals surface area contributed by atoms with Crippen LogP contribution in [0.3, 0.4) is 0 Å². The lowest BCUT2D eigenvalue weighted by Crippen LogP contribution is -2.17. The summed E-state index contributed by atoms with van der Waals surface area (Å²) in [6.07, 6.45) is 1.51. The molecule has 148 valence electrons. The summed E-state index contributed by atoms with van der Waals surface area (Å²) in [6.45, 7) is 0.384. The number of hydrazone groups is 1. The molecular formula is C22H18Cl2N2O3. The summed E-state index contributed by atoms with van der Waals surface area (Å²) in [7, 11) is 1.56. The minimum atomic E-state index is -0.387. The quantitative estimate of drug-likeness (QED) is 0.407. The number of hydrogen-bond acceptors (Lipinski definition) is 4. The van der Waals surface area contributed by atoms with E-state index in [9.17, 15) is 4.79 Å². The van der Waals surface area contributed by atoms with Crippen molar-refractivity contribution in [2.75, 3.05) is 7.11 Å². The normalized spacial score (nSPS) is 10.7. The molecule has 29 heavy (non-hydrogen) atoms. The van der Waals surface area contributed by atoms with E-state index >= 15 is 0 Å². The minimum absolute atomic E-state index is 0.356. The lowest BCUT2D eigenvalue weighted by molar-refractivity contribution is 0.0955. The van der Waals surface area contributed by atoms with Gasteiger partial charge < -0.3 is 9.47 Å². The molecule has 0 radical (unpaired) electrons. The number of carbonyl (C=O) groups is 1. The number of nitrogens with zero attached hydrogens (tertiary/aromatic N) is 1. The van der Waals surface area contributed by atoms with Gasteiger partial charge in [-0.05, 0) is 53.6 Å². The zero-order valence-corrected chi connectivity index (χ0v) is 17.1. The second-order valence-electron chi connectivity index (χ2n) is 6.00. The first-order valence-electron chi connectivity index (χ1n) is 8.70. The Morgan fingerprint density at radius 1 is 1.03 bits per heavy atom. The van der Waals surface area contributed by atoms with Gasteiger partial charge in [0.25, 0.3) is 5.91 Å². The Kier molecular flexibility index (Phi) is 7.11. The van der Waals surface area contributed by atoms with Gasteiger partial charge >= 0.3 is 0 Å². The summed E-state index contributed by atoms with van der Waals surface area (Å²) in [4.78, 5) is 12.1. The van der Waals surface area contributed by atoms with Crippen LogP contribution in [0.1, 0.15) is 21.5 Å². The molecule has 0 aliphatic heterocycles. The van der Waals surface area contributed by atoms with Crippen molar-refractivity contribution >= 4 is 35.3 Å². The van der Waals surface area contributed by atoms with Gasteiger partial charge in [0.1, 0.15) is 6.61 Å². The van der Waals surface area contributed by atoms with Crippen LogP contribution >= 0.6 is 23.2 Å². The fourth-order valence-corrected chi connectivity index (χ4v) is 2.84. The van der Waals surface area contributed by atoms with E-state index in [1.165, 1.54) is 6.21 Å². The van der Waals surface area contributed by atoms with Crippen LogP contribution in [0.5, 0.6) is 11.5 Å². The van der Waals surface area contributed by atoms with Crippen molar-refractivity contribution in [1.29, 1.82) is 0 Å². The Morgan fingerprint density at radius 2 is 1.79 bits per heavy atom. The fourth-order valence-electron chi connectivity index (χ4n) is 2.50. The third-order valence-electron chi connectivity index (χ3n) is 3.99. The first-order valence-corrected chi connectivity index (χ1v) is 9.45. The summed E-state index contributed by atoms with van der Waals surface area (Å²) >= 11 is 11.9. The maximum atomic E-state index is 12.1. The second-order valence-corrected chi connectivity index (χ2v) is 6.85. The minimum Gasteiger partial charge on any atom is -0.493 e. The molecule has 0 aliphatic carbocycles. The third kappa shape index (κ3) is 5.73.